The molecule has 1 heterocycles. The molecular formula is C22H18N4O. The van der Waals surface area contributed by atoms with Crippen molar-refractivity contribution in [3.63, 3.8) is 0 Å². The average molecular weight is 354 g/mol. The summed E-state index contributed by atoms with van der Waals surface area (Å²) >= 11 is 0. The van der Waals surface area contributed by atoms with Crippen molar-refractivity contribution in [3.8, 4) is 11.3 Å². The van der Waals surface area contributed by atoms with Gasteiger partial charge in [-0.2, -0.15) is 10.2 Å². The van der Waals surface area contributed by atoms with Crippen molar-refractivity contribution in [1.82, 2.24) is 15.6 Å². The van der Waals surface area contributed by atoms with Crippen LogP contribution in [0.5, 0.6) is 0 Å². The first kappa shape index (κ1) is 16.7. The van der Waals surface area contributed by atoms with Gasteiger partial charge in [0, 0.05) is 16.7 Å². The summed E-state index contributed by atoms with van der Waals surface area (Å²) in [7, 11) is 0. The summed E-state index contributed by atoms with van der Waals surface area (Å²) in [4.78, 5) is 12.4. The van der Waals surface area contributed by atoms with Crippen molar-refractivity contribution in [2.75, 3.05) is 0 Å². The largest absolute Gasteiger partial charge is 0.277 e. The number of aromatic amines is 1. The fourth-order valence-corrected chi connectivity index (χ4v) is 2.90. The van der Waals surface area contributed by atoms with E-state index in [0.717, 1.165) is 27.6 Å². The first-order valence-electron chi connectivity index (χ1n) is 8.63. The van der Waals surface area contributed by atoms with Gasteiger partial charge in [0.25, 0.3) is 5.91 Å². The highest BCUT2D eigenvalue weighted by Crippen LogP contribution is 2.20. The Labute approximate surface area is 156 Å². The number of hydrogen-bond donors (Lipinski definition) is 2. The Balaban J connectivity index is 1.50. The van der Waals surface area contributed by atoms with Crippen LogP contribution >= 0.6 is 0 Å². The fourth-order valence-electron chi connectivity index (χ4n) is 2.90. The van der Waals surface area contributed by atoms with E-state index in [1.54, 1.807) is 18.5 Å². The zero-order chi connectivity index (χ0) is 18.6. The monoisotopic (exact) mass is 354 g/mol. The summed E-state index contributed by atoms with van der Waals surface area (Å²) in [6.07, 6.45) is 3.28. The summed E-state index contributed by atoms with van der Waals surface area (Å²) in [5.74, 6) is -0.252. The number of nitrogens with one attached hydrogen (secondary N) is 2. The van der Waals surface area contributed by atoms with Crippen molar-refractivity contribution in [1.29, 1.82) is 0 Å². The molecule has 2 N–H and O–H groups in total. The Morgan fingerprint density at radius 3 is 2.63 bits per heavy atom. The molecule has 27 heavy (non-hydrogen) atoms. The van der Waals surface area contributed by atoms with E-state index in [2.05, 4.69) is 20.7 Å². The van der Waals surface area contributed by atoms with E-state index in [1.165, 1.54) is 5.56 Å². The molecule has 1 aromatic heterocycles. The number of aromatic nitrogens is 2. The van der Waals surface area contributed by atoms with Gasteiger partial charge in [-0.15, -0.1) is 0 Å². The number of carbonyl (C=O) groups excluding carboxylic acids is 1. The number of rotatable bonds is 4. The number of nitrogens with zero attached hydrogens (tertiary/aromatic N) is 2. The summed E-state index contributed by atoms with van der Waals surface area (Å²) in [5, 5.41) is 13.3. The van der Waals surface area contributed by atoms with Gasteiger partial charge in [0.2, 0.25) is 0 Å². The Bertz CT molecular complexity index is 1130. The molecular weight excluding hydrogens is 336 g/mol. The minimum Gasteiger partial charge on any atom is -0.277 e. The lowest BCUT2D eigenvalue weighted by Gasteiger charge is -2.03. The van der Waals surface area contributed by atoms with Gasteiger partial charge in [0.15, 0.2) is 0 Å². The molecule has 1 amide bonds. The van der Waals surface area contributed by atoms with E-state index >= 15 is 0 Å². The molecule has 0 atom stereocenters. The standard InChI is InChI=1S/C22H18N4O/c1-15-6-8-17(9-7-15)21-20(13-23-25-21)14-24-26-22(27)19-11-10-16-4-2-3-5-18(16)12-19/h2-14H,1H3,(H,23,25)(H,26,27)/b24-14-. The van der Waals surface area contributed by atoms with Gasteiger partial charge in [-0.1, -0.05) is 60.2 Å². The smallest absolute Gasteiger partial charge is 0.271 e. The average Bonchev–Trinajstić information content (AvgIpc) is 3.16. The van der Waals surface area contributed by atoms with Crippen LogP contribution in [0.15, 0.2) is 78.0 Å². The molecule has 0 fully saturated rings. The van der Waals surface area contributed by atoms with Crippen LogP contribution in [0.3, 0.4) is 0 Å². The van der Waals surface area contributed by atoms with Gasteiger partial charge in [-0.05, 0) is 29.8 Å². The molecule has 0 radical (unpaired) electrons. The molecule has 0 aliphatic carbocycles. The number of hydrogen-bond acceptors (Lipinski definition) is 3. The van der Waals surface area contributed by atoms with Crippen molar-refractivity contribution in [2.24, 2.45) is 5.10 Å². The fraction of sp³-hybridized carbons (Fsp3) is 0.0455. The highest BCUT2D eigenvalue weighted by Gasteiger charge is 2.07. The van der Waals surface area contributed by atoms with Crippen LogP contribution in [0.2, 0.25) is 0 Å². The molecule has 0 spiro atoms. The minimum atomic E-state index is -0.252. The molecule has 0 aliphatic rings. The number of hydrazone groups is 1. The first-order chi connectivity index (χ1) is 13.2. The van der Waals surface area contributed by atoms with Gasteiger partial charge < -0.3 is 0 Å². The Kier molecular flexibility index (Phi) is 4.49. The van der Waals surface area contributed by atoms with E-state index < -0.39 is 0 Å². The van der Waals surface area contributed by atoms with E-state index in [1.807, 2.05) is 67.6 Å². The third kappa shape index (κ3) is 3.62. The minimum absolute atomic E-state index is 0.252. The Morgan fingerprint density at radius 1 is 1.04 bits per heavy atom. The molecule has 0 bridgehead atoms. The molecule has 0 saturated carbocycles. The van der Waals surface area contributed by atoms with Gasteiger partial charge in [0.1, 0.15) is 0 Å². The number of H-pyrrole nitrogens is 1. The lowest BCUT2D eigenvalue weighted by molar-refractivity contribution is 0.0955. The van der Waals surface area contributed by atoms with Crippen LogP contribution < -0.4 is 5.43 Å². The van der Waals surface area contributed by atoms with Gasteiger partial charge in [-0.3, -0.25) is 9.89 Å². The van der Waals surface area contributed by atoms with Gasteiger partial charge in [0.05, 0.1) is 18.1 Å². The van der Waals surface area contributed by atoms with Crippen molar-refractivity contribution in [3.05, 3.63) is 89.6 Å². The van der Waals surface area contributed by atoms with Crippen molar-refractivity contribution < 1.29 is 4.79 Å². The first-order valence-corrected chi connectivity index (χ1v) is 8.63. The zero-order valence-electron chi connectivity index (χ0n) is 14.8. The molecule has 132 valence electrons. The van der Waals surface area contributed by atoms with Crippen LogP contribution in [-0.4, -0.2) is 22.3 Å². The summed E-state index contributed by atoms with van der Waals surface area (Å²) < 4.78 is 0. The van der Waals surface area contributed by atoms with Crippen molar-refractivity contribution >= 4 is 22.9 Å². The van der Waals surface area contributed by atoms with E-state index in [-0.39, 0.29) is 5.91 Å². The van der Waals surface area contributed by atoms with Crippen molar-refractivity contribution in [2.45, 2.75) is 6.92 Å². The van der Waals surface area contributed by atoms with Gasteiger partial charge in [-0.25, -0.2) is 5.43 Å². The molecule has 4 rings (SSSR count). The zero-order valence-corrected chi connectivity index (χ0v) is 14.8. The second kappa shape index (κ2) is 7.25. The Hall–Kier alpha value is -3.73. The number of aryl methyl sites for hydroxylation is 1. The van der Waals surface area contributed by atoms with Gasteiger partial charge >= 0.3 is 0 Å². The summed E-state index contributed by atoms with van der Waals surface area (Å²) in [6, 6.07) is 21.6. The highest BCUT2D eigenvalue weighted by molar-refractivity contribution is 5.99. The molecule has 0 unspecified atom stereocenters. The Morgan fingerprint density at radius 2 is 1.81 bits per heavy atom. The van der Waals surface area contributed by atoms with Crippen LogP contribution in [0, 0.1) is 6.92 Å². The maximum atomic E-state index is 12.4. The third-order valence-corrected chi connectivity index (χ3v) is 4.39. The lowest BCUT2D eigenvalue weighted by Crippen LogP contribution is -2.17. The number of amides is 1. The quantitative estimate of drug-likeness (QED) is 0.424. The summed E-state index contributed by atoms with van der Waals surface area (Å²) in [6.45, 7) is 2.04. The maximum absolute atomic E-state index is 12.4. The topological polar surface area (TPSA) is 70.1 Å². The van der Waals surface area contributed by atoms with E-state index in [9.17, 15) is 4.79 Å². The molecule has 5 nitrogen and oxygen atoms in total. The van der Waals surface area contributed by atoms with Crippen LogP contribution in [0.4, 0.5) is 0 Å². The maximum Gasteiger partial charge on any atom is 0.271 e. The van der Waals surface area contributed by atoms with E-state index in [0.29, 0.717) is 5.56 Å². The predicted molar refractivity (Wildman–Crippen MR) is 108 cm³/mol. The molecule has 0 saturated heterocycles. The number of benzene rings is 3. The lowest BCUT2D eigenvalue weighted by atomic mass is 10.1. The normalized spacial score (nSPS) is 11.1. The number of fused-ring (bicyclic) bond motifs is 1. The van der Waals surface area contributed by atoms with Crippen LogP contribution in [0.1, 0.15) is 21.5 Å². The summed E-state index contributed by atoms with van der Waals surface area (Å²) in [5.41, 5.74) is 7.01. The predicted octanol–water partition coefficient (Wildman–Crippen LogP) is 4.30. The third-order valence-electron chi connectivity index (χ3n) is 4.39. The van der Waals surface area contributed by atoms with Crippen LogP contribution in [0.25, 0.3) is 22.0 Å². The second-order valence-electron chi connectivity index (χ2n) is 6.33. The molecule has 0 aliphatic heterocycles. The molecule has 3 aromatic carbocycles. The van der Waals surface area contributed by atoms with E-state index in [4.69, 9.17) is 0 Å². The number of carbonyl (C=O) groups is 1. The van der Waals surface area contributed by atoms with Crippen LogP contribution in [-0.2, 0) is 0 Å². The SMILES string of the molecule is Cc1ccc(-c2[nH]ncc2/C=N\NC(=O)c2ccc3ccccc3c2)cc1. The molecule has 5 heteroatoms. The highest BCUT2D eigenvalue weighted by atomic mass is 16.2. The second-order valence-corrected chi connectivity index (χ2v) is 6.33. The molecule has 4 aromatic rings.